The number of carbonyl (C=O) groups is 2. The molecule has 5 aliphatic rings. The van der Waals surface area contributed by atoms with Crippen molar-refractivity contribution in [2.24, 2.45) is 5.92 Å². The second kappa shape index (κ2) is 7.25. The van der Waals surface area contributed by atoms with Gasteiger partial charge in [-0.25, -0.2) is 0 Å². The van der Waals surface area contributed by atoms with Crippen molar-refractivity contribution in [3.05, 3.63) is 94.6 Å². The van der Waals surface area contributed by atoms with Crippen molar-refractivity contribution in [1.82, 2.24) is 0 Å². The Morgan fingerprint density at radius 2 is 1.46 bits per heavy atom. The highest BCUT2D eigenvalue weighted by molar-refractivity contribution is 6.44. The summed E-state index contributed by atoms with van der Waals surface area (Å²) in [5.74, 6) is -1.01. The highest BCUT2D eigenvalue weighted by Gasteiger charge is 2.25. The highest BCUT2D eigenvalue weighted by Crippen LogP contribution is 2.24. The second-order valence-electron chi connectivity index (χ2n) is 7.14. The van der Waals surface area contributed by atoms with Gasteiger partial charge in [-0.1, -0.05) is 72.3 Å². The molecule has 2 aromatic rings. The number of carbonyl (C=O) groups excluding carboxylic acids is 2. The molecule has 1 atom stereocenters. The van der Waals surface area contributed by atoms with Crippen molar-refractivity contribution < 1.29 is 9.59 Å². The van der Waals surface area contributed by atoms with Crippen LogP contribution in [0.4, 0.5) is 0 Å². The van der Waals surface area contributed by atoms with Gasteiger partial charge in [0.25, 0.3) is 0 Å². The van der Waals surface area contributed by atoms with Crippen LogP contribution in [-0.2, 0) is 24.1 Å². The molecule has 2 nitrogen and oxygen atoms in total. The van der Waals surface area contributed by atoms with Crippen molar-refractivity contribution in [3.8, 4) is 0 Å². The fourth-order valence-electron chi connectivity index (χ4n) is 3.78. The first-order valence-electron chi connectivity index (χ1n) is 9.32. The summed E-state index contributed by atoms with van der Waals surface area (Å²) >= 11 is 0. The first-order valence-corrected chi connectivity index (χ1v) is 9.32. The Morgan fingerprint density at radius 3 is 2.12 bits per heavy atom. The summed E-state index contributed by atoms with van der Waals surface area (Å²) in [5, 5.41) is 0. The minimum Gasteiger partial charge on any atom is -0.290 e. The minimum absolute atomic E-state index is 0.304. The highest BCUT2D eigenvalue weighted by atomic mass is 16.2. The van der Waals surface area contributed by atoms with Crippen molar-refractivity contribution in [3.63, 3.8) is 0 Å². The zero-order valence-corrected chi connectivity index (χ0v) is 14.8. The third-order valence-electron chi connectivity index (χ3n) is 5.44. The zero-order chi connectivity index (χ0) is 17.9. The van der Waals surface area contributed by atoms with Crippen LogP contribution in [0.3, 0.4) is 0 Å². The molecule has 0 spiro atoms. The Labute approximate surface area is 154 Å². The average Bonchev–Trinajstić information content (AvgIpc) is 2.70. The number of rotatable bonds is 0. The smallest absolute Gasteiger partial charge is 0.229 e. The quantitative estimate of drug-likeness (QED) is 0.652. The summed E-state index contributed by atoms with van der Waals surface area (Å²) in [6.45, 7) is 0. The molecule has 0 saturated heterocycles. The largest absolute Gasteiger partial charge is 0.290 e. The van der Waals surface area contributed by atoms with E-state index in [1.807, 2.05) is 24.3 Å². The molecule has 0 amide bonds. The van der Waals surface area contributed by atoms with Crippen LogP contribution in [0.5, 0.6) is 0 Å². The third-order valence-corrected chi connectivity index (χ3v) is 5.44. The Hall–Kier alpha value is -2.74. The molecule has 0 N–H and O–H groups in total. The Bertz CT molecular complexity index is 900. The van der Waals surface area contributed by atoms with Gasteiger partial charge in [0.15, 0.2) is 0 Å². The Kier molecular flexibility index (Phi) is 4.66. The average molecular weight is 342 g/mol. The molecule has 0 aromatic heterocycles. The summed E-state index contributed by atoms with van der Waals surface area (Å²) in [7, 11) is 0. The normalized spacial score (nSPS) is 20.2. The number of Topliss-reactive ketones (excluding diaryl/α,β-unsaturated/α-hetero) is 2. The van der Waals surface area contributed by atoms with Gasteiger partial charge in [-0.2, -0.15) is 0 Å². The lowest BCUT2D eigenvalue weighted by Gasteiger charge is -2.16. The first-order chi connectivity index (χ1) is 12.7. The molecular weight excluding hydrogens is 320 g/mol. The van der Waals surface area contributed by atoms with Crippen LogP contribution >= 0.6 is 0 Å². The maximum Gasteiger partial charge on any atom is 0.229 e. The minimum atomic E-state index is -0.375. The Balaban J connectivity index is 1.69. The lowest BCUT2D eigenvalue weighted by molar-refractivity contribution is -0.117. The van der Waals surface area contributed by atoms with E-state index in [2.05, 4.69) is 30.3 Å². The predicted octanol–water partition coefficient (Wildman–Crippen LogP) is 4.67. The van der Waals surface area contributed by atoms with Gasteiger partial charge in [0, 0.05) is 11.5 Å². The molecule has 0 aliphatic heterocycles. The van der Waals surface area contributed by atoms with Gasteiger partial charge in [-0.3, -0.25) is 9.59 Å². The van der Waals surface area contributed by atoms with Gasteiger partial charge in [-0.05, 0) is 48.8 Å². The number of hydrogen-bond donors (Lipinski definition) is 0. The number of hydrogen-bond acceptors (Lipinski definition) is 2. The van der Waals surface area contributed by atoms with Gasteiger partial charge < -0.3 is 0 Å². The van der Waals surface area contributed by atoms with E-state index in [4.69, 9.17) is 0 Å². The standard InChI is InChI=1S/C24H22O2/c25-23-21-13-7-17(8-14-21)5-11-19-3-1-2-4-20(19)12-6-18-9-15-22(16-10-18)24(23)26/h1-4,7-10,13-15,22H,5-6,11-12,16H2. The van der Waals surface area contributed by atoms with E-state index in [-0.39, 0.29) is 17.5 Å². The maximum atomic E-state index is 12.5. The fourth-order valence-corrected chi connectivity index (χ4v) is 3.78. The maximum absolute atomic E-state index is 12.5. The van der Waals surface area contributed by atoms with Crippen LogP contribution in [0, 0.1) is 5.92 Å². The van der Waals surface area contributed by atoms with Gasteiger partial charge in [0.2, 0.25) is 11.6 Å². The predicted molar refractivity (Wildman–Crippen MR) is 103 cm³/mol. The van der Waals surface area contributed by atoms with E-state index >= 15 is 0 Å². The molecule has 4 bridgehead atoms. The SMILES string of the molecule is O=C1C(=O)C2C=CC(=CC2)CCc2ccccc2CCc2ccc1cc2. The van der Waals surface area contributed by atoms with Crippen LogP contribution in [0.15, 0.2) is 72.3 Å². The van der Waals surface area contributed by atoms with Crippen LogP contribution in [0.2, 0.25) is 0 Å². The van der Waals surface area contributed by atoms with Crippen molar-refractivity contribution in [1.29, 1.82) is 0 Å². The molecule has 0 heterocycles. The molecule has 2 aromatic carbocycles. The summed E-state index contributed by atoms with van der Waals surface area (Å²) < 4.78 is 0. The topological polar surface area (TPSA) is 34.1 Å². The monoisotopic (exact) mass is 342 g/mol. The van der Waals surface area contributed by atoms with Crippen LogP contribution in [0.25, 0.3) is 0 Å². The molecule has 2 heteroatoms. The molecule has 5 aliphatic carbocycles. The van der Waals surface area contributed by atoms with E-state index in [1.54, 1.807) is 12.1 Å². The van der Waals surface area contributed by atoms with Crippen LogP contribution in [0.1, 0.15) is 39.9 Å². The molecule has 0 saturated carbocycles. The van der Waals surface area contributed by atoms with Gasteiger partial charge in [0.05, 0.1) is 0 Å². The van der Waals surface area contributed by atoms with Crippen LogP contribution in [-0.4, -0.2) is 11.6 Å². The van der Waals surface area contributed by atoms with Crippen molar-refractivity contribution >= 4 is 11.6 Å². The summed E-state index contributed by atoms with van der Waals surface area (Å²) in [4.78, 5) is 25.0. The number of aryl methyl sites for hydroxylation is 3. The van der Waals surface area contributed by atoms with Gasteiger partial charge in [0.1, 0.15) is 0 Å². The molecule has 26 heavy (non-hydrogen) atoms. The second-order valence-corrected chi connectivity index (χ2v) is 7.14. The first kappa shape index (κ1) is 16.7. The van der Waals surface area contributed by atoms with E-state index in [9.17, 15) is 9.59 Å². The molecule has 0 fully saturated rings. The van der Waals surface area contributed by atoms with E-state index in [0.29, 0.717) is 12.0 Å². The number of ketones is 2. The lowest BCUT2D eigenvalue weighted by atomic mass is 9.87. The molecular formula is C24H22O2. The number of benzene rings is 2. The van der Waals surface area contributed by atoms with E-state index in [0.717, 1.165) is 25.7 Å². The van der Waals surface area contributed by atoms with E-state index in [1.165, 1.54) is 22.3 Å². The van der Waals surface area contributed by atoms with Gasteiger partial charge in [-0.15, -0.1) is 0 Å². The van der Waals surface area contributed by atoms with Gasteiger partial charge >= 0.3 is 0 Å². The fraction of sp³-hybridized carbons (Fsp3) is 0.250. The summed E-state index contributed by atoms with van der Waals surface area (Å²) in [6, 6.07) is 16.2. The summed E-state index contributed by atoms with van der Waals surface area (Å²) in [6.07, 6.45) is 10.6. The third kappa shape index (κ3) is 3.45. The molecule has 7 rings (SSSR count). The van der Waals surface area contributed by atoms with Crippen molar-refractivity contribution in [2.45, 2.75) is 32.1 Å². The molecule has 0 radical (unpaired) electrons. The van der Waals surface area contributed by atoms with Crippen molar-refractivity contribution in [2.75, 3.05) is 0 Å². The molecule has 130 valence electrons. The Morgan fingerprint density at radius 1 is 0.769 bits per heavy atom. The molecule has 1 unspecified atom stereocenters. The lowest BCUT2D eigenvalue weighted by Crippen LogP contribution is -2.23. The zero-order valence-electron chi connectivity index (χ0n) is 14.8. The van der Waals surface area contributed by atoms with Crippen LogP contribution < -0.4 is 0 Å². The number of allylic oxidation sites excluding steroid dienone is 4. The van der Waals surface area contributed by atoms with E-state index < -0.39 is 0 Å². The summed E-state index contributed by atoms with van der Waals surface area (Å²) in [5.41, 5.74) is 5.74.